The minimum atomic E-state index is -1.22. The lowest BCUT2D eigenvalue weighted by atomic mass is 10.0. The van der Waals surface area contributed by atoms with Crippen molar-refractivity contribution in [3.05, 3.63) is 0 Å². The molecule has 0 aliphatic carbocycles. The molecular weight excluding hydrogens is 382 g/mol. The first-order valence-electron chi connectivity index (χ1n) is 9.31. The predicted octanol–water partition coefficient (Wildman–Crippen LogP) is -2.40. The lowest BCUT2D eigenvalue weighted by Gasteiger charge is -2.23. The number of nitrogens with one attached hydrogen (secondary N) is 3. The minimum Gasteiger partial charge on any atom is -0.480 e. The van der Waals surface area contributed by atoms with Crippen LogP contribution in [0.2, 0.25) is 0 Å². The summed E-state index contributed by atoms with van der Waals surface area (Å²) in [4.78, 5) is 51.6. The summed E-state index contributed by atoms with van der Waals surface area (Å²) in [5, 5.41) is 16.3. The van der Waals surface area contributed by atoms with Gasteiger partial charge in [0.1, 0.15) is 18.1 Å². The molecule has 0 saturated carbocycles. The predicted molar refractivity (Wildman–Crippen MR) is 108 cm³/mol. The molecule has 0 bridgehead atoms. The Balaban J connectivity index is 5.03. The van der Waals surface area contributed by atoms with Gasteiger partial charge in [-0.3, -0.25) is 24.2 Å². The van der Waals surface area contributed by atoms with Crippen molar-refractivity contribution in [3.63, 3.8) is 0 Å². The van der Waals surface area contributed by atoms with Gasteiger partial charge in [-0.25, -0.2) is 0 Å². The van der Waals surface area contributed by atoms with Gasteiger partial charge in [0, 0.05) is 6.54 Å². The van der Waals surface area contributed by atoms with Gasteiger partial charge in [-0.05, 0) is 32.6 Å². The van der Waals surface area contributed by atoms with E-state index < -0.39 is 47.9 Å². The zero-order chi connectivity index (χ0) is 22.7. The van der Waals surface area contributed by atoms with E-state index in [1.807, 2.05) is 0 Å². The number of rotatable bonds is 12. The van der Waals surface area contributed by atoms with Crippen LogP contribution in [0.5, 0.6) is 0 Å². The summed E-state index contributed by atoms with van der Waals surface area (Å²) in [6.45, 7) is 6.53. The molecule has 0 aliphatic heterocycles. The zero-order valence-electron chi connectivity index (χ0n) is 17.3. The Morgan fingerprint density at radius 1 is 0.897 bits per heavy atom. The number of carbonyl (C=O) groups excluding carboxylic acids is 3. The fourth-order valence-corrected chi connectivity index (χ4v) is 2.12. The van der Waals surface area contributed by atoms with Gasteiger partial charge < -0.3 is 38.3 Å². The lowest BCUT2D eigenvalue weighted by Crippen LogP contribution is -2.56. The Hall–Kier alpha value is -2.89. The number of carboxylic acids is 1. The van der Waals surface area contributed by atoms with Crippen LogP contribution in [0.25, 0.3) is 0 Å². The molecule has 0 aliphatic rings. The number of hydrogen-bond acceptors (Lipinski definition) is 6. The second-order valence-corrected chi connectivity index (χ2v) is 7.08. The van der Waals surface area contributed by atoms with Crippen LogP contribution in [0, 0.1) is 5.92 Å². The van der Waals surface area contributed by atoms with E-state index in [9.17, 15) is 19.2 Å². The Labute approximate surface area is 170 Å². The number of carbonyl (C=O) groups is 4. The Morgan fingerprint density at radius 3 is 1.93 bits per heavy atom. The van der Waals surface area contributed by atoms with Gasteiger partial charge in [-0.1, -0.05) is 13.8 Å². The highest BCUT2D eigenvalue weighted by atomic mass is 16.4. The summed E-state index contributed by atoms with van der Waals surface area (Å²) in [7, 11) is 0. The summed E-state index contributed by atoms with van der Waals surface area (Å²) in [6.07, 6.45) is 0.517. The summed E-state index contributed by atoms with van der Waals surface area (Å²) >= 11 is 0. The molecule has 12 nitrogen and oxygen atoms in total. The van der Waals surface area contributed by atoms with Crippen molar-refractivity contribution in [2.75, 3.05) is 6.54 Å². The van der Waals surface area contributed by atoms with Crippen LogP contribution in [0.1, 0.15) is 40.5 Å². The monoisotopic (exact) mass is 415 g/mol. The quantitative estimate of drug-likeness (QED) is 0.103. The Kier molecular flexibility index (Phi) is 11.3. The highest BCUT2D eigenvalue weighted by molar-refractivity contribution is 5.93. The van der Waals surface area contributed by atoms with E-state index in [2.05, 4.69) is 20.9 Å². The molecule has 0 aromatic heterocycles. The van der Waals surface area contributed by atoms with Gasteiger partial charge in [0.25, 0.3) is 0 Å². The zero-order valence-corrected chi connectivity index (χ0v) is 17.3. The first-order valence-corrected chi connectivity index (χ1v) is 9.31. The number of nitrogens with zero attached hydrogens (tertiary/aromatic N) is 1. The number of carboxylic acid groups (broad SMARTS) is 1. The first kappa shape index (κ1) is 26.1. The maximum absolute atomic E-state index is 12.4. The largest absolute Gasteiger partial charge is 0.480 e. The summed E-state index contributed by atoms with van der Waals surface area (Å²) in [5.74, 6) is -3.21. The number of amides is 3. The van der Waals surface area contributed by atoms with Crippen molar-refractivity contribution in [1.29, 1.82) is 0 Å². The van der Waals surface area contributed by atoms with Crippen molar-refractivity contribution in [1.82, 2.24) is 16.0 Å². The second kappa shape index (κ2) is 12.5. The van der Waals surface area contributed by atoms with Crippen LogP contribution in [-0.4, -0.2) is 65.5 Å². The third-order valence-corrected chi connectivity index (χ3v) is 4.08. The van der Waals surface area contributed by atoms with E-state index in [1.54, 1.807) is 13.8 Å². The molecule has 0 rings (SSSR count). The number of aliphatic imine (C=N–C) groups is 1. The van der Waals surface area contributed by atoms with Crippen molar-refractivity contribution in [2.45, 2.75) is 64.7 Å². The van der Waals surface area contributed by atoms with Crippen LogP contribution < -0.4 is 33.2 Å². The van der Waals surface area contributed by atoms with Crippen LogP contribution in [0.3, 0.4) is 0 Å². The van der Waals surface area contributed by atoms with Crippen molar-refractivity contribution in [3.8, 4) is 0 Å². The van der Waals surface area contributed by atoms with E-state index in [-0.39, 0.29) is 24.8 Å². The molecule has 0 aromatic rings. The minimum absolute atomic E-state index is 0.104. The van der Waals surface area contributed by atoms with Crippen LogP contribution in [0.15, 0.2) is 4.99 Å². The number of nitrogens with two attached hydrogens (primary N) is 3. The molecule has 29 heavy (non-hydrogen) atoms. The molecule has 166 valence electrons. The van der Waals surface area contributed by atoms with Gasteiger partial charge in [-0.15, -0.1) is 0 Å². The van der Waals surface area contributed by atoms with Gasteiger partial charge in [0.15, 0.2) is 5.96 Å². The molecule has 10 N–H and O–H groups in total. The van der Waals surface area contributed by atoms with Crippen molar-refractivity contribution in [2.24, 2.45) is 28.1 Å². The summed E-state index contributed by atoms with van der Waals surface area (Å²) in [5.41, 5.74) is 16.2. The van der Waals surface area contributed by atoms with E-state index in [1.165, 1.54) is 13.8 Å². The van der Waals surface area contributed by atoms with E-state index in [4.69, 9.17) is 22.3 Å². The van der Waals surface area contributed by atoms with Gasteiger partial charge in [0.05, 0.1) is 6.04 Å². The van der Waals surface area contributed by atoms with E-state index >= 15 is 0 Å². The fraction of sp³-hybridized carbons (Fsp3) is 0.706. The average molecular weight is 415 g/mol. The number of hydrogen-bond donors (Lipinski definition) is 7. The molecule has 3 amide bonds. The summed E-state index contributed by atoms with van der Waals surface area (Å²) < 4.78 is 0. The second-order valence-electron chi connectivity index (χ2n) is 7.08. The SMILES string of the molecule is CC(NC(=O)C(CCCN=C(N)N)NC(=O)C(C)NC(=O)C(N)C(C)C)C(=O)O. The lowest BCUT2D eigenvalue weighted by molar-refractivity contribution is -0.141. The first-order chi connectivity index (χ1) is 13.4. The molecule has 12 heteroatoms. The van der Waals surface area contributed by atoms with Gasteiger partial charge in [-0.2, -0.15) is 0 Å². The highest BCUT2D eigenvalue weighted by Gasteiger charge is 2.27. The average Bonchev–Trinajstić information content (AvgIpc) is 2.62. The standard InChI is InChI=1S/C17H33N7O5/c1-8(2)12(18)15(27)22-9(3)13(25)24-11(6-5-7-21-17(19)20)14(26)23-10(4)16(28)29/h8-12H,5-7,18H2,1-4H3,(H,22,27)(H,23,26)(H,24,25)(H,28,29)(H4,19,20,21). The molecule has 4 atom stereocenters. The fourth-order valence-electron chi connectivity index (χ4n) is 2.12. The van der Waals surface area contributed by atoms with Crippen LogP contribution >= 0.6 is 0 Å². The maximum atomic E-state index is 12.4. The van der Waals surface area contributed by atoms with Crippen molar-refractivity contribution < 1.29 is 24.3 Å². The van der Waals surface area contributed by atoms with Gasteiger partial charge in [0.2, 0.25) is 17.7 Å². The van der Waals surface area contributed by atoms with Crippen molar-refractivity contribution >= 4 is 29.7 Å². The topological polar surface area (TPSA) is 215 Å². The van der Waals surface area contributed by atoms with Gasteiger partial charge >= 0.3 is 5.97 Å². The molecule has 4 unspecified atom stereocenters. The molecule has 0 saturated heterocycles. The van der Waals surface area contributed by atoms with Crippen LogP contribution in [0.4, 0.5) is 0 Å². The molecule has 0 fully saturated rings. The summed E-state index contributed by atoms with van der Waals surface area (Å²) in [6, 6.07) is -3.89. The smallest absolute Gasteiger partial charge is 0.325 e. The van der Waals surface area contributed by atoms with E-state index in [0.29, 0.717) is 6.42 Å². The Morgan fingerprint density at radius 2 is 1.45 bits per heavy atom. The highest BCUT2D eigenvalue weighted by Crippen LogP contribution is 2.02. The molecule has 0 heterocycles. The number of guanidine groups is 1. The van der Waals surface area contributed by atoms with Crippen LogP contribution in [-0.2, 0) is 19.2 Å². The molecule has 0 spiro atoms. The normalized spacial score (nSPS) is 14.8. The molecule has 0 radical (unpaired) electrons. The van der Waals surface area contributed by atoms with E-state index in [0.717, 1.165) is 0 Å². The Bertz CT molecular complexity index is 619. The maximum Gasteiger partial charge on any atom is 0.325 e. The number of aliphatic carboxylic acids is 1. The third kappa shape index (κ3) is 10.3. The molecular formula is C17H33N7O5. The third-order valence-electron chi connectivity index (χ3n) is 4.08. The molecule has 0 aromatic carbocycles.